The maximum Gasteiger partial charge on any atom is 0.407 e. The molecule has 4 aromatic rings. The lowest BCUT2D eigenvalue weighted by Crippen LogP contribution is -2.48. The van der Waals surface area contributed by atoms with Crippen LogP contribution in [0.25, 0.3) is 33.1 Å². The van der Waals surface area contributed by atoms with Gasteiger partial charge in [-0.05, 0) is 64.3 Å². The second kappa shape index (κ2) is 12.5. The summed E-state index contributed by atoms with van der Waals surface area (Å²) in [6.45, 7) is 6.70. The van der Waals surface area contributed by atoms with Gasteiger partial charge < -0.3 is 24.6 Å². The van der Waals surface area contributed by atoms with Crippen LogP contribution in [0.4, 0.5) is 15.0 Å². The molecule has 13 heteroatoms. The summed E-state index contributed by atoms with van der Waals surface area (Å²) in [5.74, 6) is -0.0749. The molecule has 1 amide bonds. The number of rotatable bonds is 8. The van der Waals surface area contributed by atoms with Crippen LogP contribution in [-0.2, 0) is 4.74 Å². The summed E-state index contributed by atoms with van der Waals surface area (Å²) in [4.78, 5) is 30.5. The Morgan fingerprint density at radius 1 is 1.21 bits per heavy atom. The predicted molar refractivity (Wildman–Crippen MR) is 163 cm³/mol. The van der Waals surface area contributed by atoms with Gasteiger partial charge >= 0.3 is 12.1 Å². The molecule has 0 aliphatic carbocycles. The zero-order valence-corrected chi connectivity index (χ0v) is 25.4. The number of pyridine rings is 1. The number of benzene rings is 1. The molecule has 0 saturated carbocycles. The van der Waals surface area contributed by atoms with Gasteiger partial charge in [-0.15, -0.1) is 0 Å². The van der Waals surface area contributed by atoms with Crippen LogP contribution in [0.3, 0.4) is 0 Å². The van der Waals surface area contributed by atoms with Gasteiger partial charge in [-0.2, -0.15) is 15.1 Å². The number of anilines is 1. The first kappa shape index (κ1) is 29.3. The van der Waals surface area contributed by atoms with Crippen molar-refractivity contribution in [2.24, 2.45) is 0 Å². The number of hydrogen-bond acceptors (Lipinski definition) is 9. The van der Waals surface area contributed by atoms with Crippen molar-refractivity contribution in [1.29, 1.82) is 0 Å². The normalized spacial score (nSPS) is 19.3. The van der Waals surface area contributed by atoms with Crippen LogP contribution < -0.4 is 15.0 Å². The molecule has 6 rings (SSSR count). The summed E-state index contributed by atoms with van der Waals surface area (Å²) in [6, 6.07) is 1.96. The van der Waals surface area contributed by atoms with Gasteiger partial charge in [0.15, 0.2) is 5.82 Å². The summed E-state index contributed by atoms with van der Waals surface area (Å²) >= 11 is 6.52. The molecule has 2 N–H and O–H groups in total. The third-order valence-electron chi connectivity index (χ3n) is 8.38. The summed E-state index contributed by atoms with van der Waals surface area (Å²) in [5.41, 5.74) is 2.17. The lowest BCUT2D eigenvalue weighted by Gasteiger charge is -2.34. The molecular formula is C30H36ClFN8O3. The molecule has 5 heterocycles. The Morgan fingerprint density at radius 3 is 2.84 bits per heavy atom. The van der Waals surface area contributed by atoms with Crippen LogP contribution in [0.2, 0.25) is 5.02 Å². The van der Waals surface area contributed by atoms with E-state index >= 15 is 4.39 Å². The van der Waals surface area contributed by atoms with E-state index < -0.39 is 11.9 Å². The maximum absolute atomic E-state index is 16.6. The second-order valence-electron chi connectivity index (χ2n) is 11.4. The molecule has 3 aromatic heterocycles. The highest BCUT2D eigenvalue weighted by Crippen LogP contribution is 2.39. The number of aromatic nitrogens is 5. The highest BCUT2D eigenvalue weighted by molar-refractivity contribution is 6.32. The maximum atomic E-state index is 16.6. The average molecular weight is 611 g/mol. The molecule has 11 nitrogen and oxygen atoms in total. The van der Waals surface area contributed by atoms with Gasteiger partial charge in [0.2, 0.25) is 0 Å². The first-order chi connectivity index (χ1) is 20.8. The summed E-state index contributed by atoms with van der Waals surface area (Å²) in [5, 5.41) is 11.7. The van der Waals surface area contributed by atoms with Gasteiger partial charge in [-0.25, -0.2) is 9.18 Å². The minimum atomic E-state index is -0.591. The van der Waals surface area contributed by atoms with Crippen molar-refractivity contribution in [3.8, 4) is 17.3 Å². The monoisotopic (exact) mass is 610 g/mol. The van der Waals surface area contributed by atoms with E-state index in [1.165, 1.54) is 0 Å². The molecule has 43 heavy (non-hydrogen) atoms. The lowest BCUT2D eigenvalue weighted by atomic mass is 9.99. The van der Waals surface area contributed by atoms with Crippen molar-refractivity contribution < 1.29 is 18.7 Å². The van der Waals surface area contributed by atoms with Crippen molar-refractivity contribution in [3.05, 3.63) is 34.9 Å². The highest BCUT2D eigenvalue weighted by atomic mass is 35.5. The Balaban J connectivity index is 1.41. The van der Waals surface area contributed by atoms with Crippen LogP contribution in [-0.4, -0.2) is 88.1 Å². The first-order valence-electron chi connectivity index (χ1n) is 14.8. The number of alkyl carbamates (subject to hydrolysis) is 1. The van der Waals surface area contributed by atoms with E-state index in [4.69, 9.17) is 26.1 Å². The number of nitrogens with zero attached hydrogens (tertiary/aromatic N) is 6. The Bertz CT molecular complexity index is 1650. The summed E-state index contributed by atoms with van der Waals surface area (Å²) in [6.07, 6.45) is 7.28. The Labute approximate surface area is 254 Å². The fourth-order valence-electron chi connectivity index (χ4n) is 6.02. The zero-order chi connectivity index (χ0) is 30.1. The van der Waals surface area contributed by atoms with Crippen LogP contribution in [0.1, 0.15) is 44.6 Å². The van der Waals surface area contributed by atoms with Gasteiger partial charge in [0.05, 0.1) is 23.7 Å². The Hall–Kier alpha value is -3.77. The molecule has 2 aliphatic heterocycles. The molecule has 1 aromatic carbocycles. The second-order valence-corrected chi connectivity index (χ2v) is 11.8. The van der Waals surface area contributed by atoms with Crippen molar-refractivity contribution in [1.82, 2.24) is 35.4 Å². The van der Waals surface area contributed by atoms with E-state index in [1.807, 2.05) is 18.7 Å². The van der Waals surface area contributed by atoms with Crippen LogP contribution in [0, 0.1) is 12.7 Å². The van der Waals surface area contributed by atoms with Crippen LogP contribution >= 0.6 is 11.6 Å². The van der Waals surface area contributed by atoms with Gasteiger partial charge in [0.25, 0.3) is 0 Å². The minimum Gasteiger partial charge on any atom is -0.462 e. The van der Waals surface area contributed by atoms with E-state index in [1.54, 1.807) is 18.5 Å². The molecule has 0 bridgehead atoms. The minimum absolute atomic E-state index is 0.104. The third-order valence-corrected chi connectivity index (χ3v) is 8.77. The molecule has 2 aliphatic rings. The van der Waals surface area contributed by atoms with Crippen LogP contribution in [0.15, 0.2) is 18.5 Å². The van der Waals surface area contributed by atoms with Gasteiger partial charge in [0, 0.05) is 47.3 Å². The number of fused-ring (bicyclic) bond motifs is 2. The molecule has 0 radical (unpaired) electrons. The zero-order valence-electron chi connectivity index (χ0n) is 24.6. The van der Waals surface area contributed by atoms with Gasteiger partial charge in [0.1, 0.15) is 23.6 Å². The smallest absolute Gasteiger partial charge is 0.407 e. The highest BCUT2D eigenvalue weighted by Gasteiger charge is 2.28. The Morgan fingerprint density at radius 2 is 2.05 bits per heavy atom. The van der Waals surface area contributed by atoms with Crippen molar-refractivity contribution in [3.63, 3.8) is 0 Å². The van der Waals surface area contributed by atoms with Gasteiger partial charge in [-0.3, -0.25) is 10.1 Å². The van der Waals surface area contributed by atoms with E-state index in [0.29, 0.717) is 64.6 Å². The predicted octanol–water partition coefficient (Wildman–Crippen LogP) is 5.25. The SMILES string of the molecule is CCCOC(=O)N[C@@H]1CCCN(c2nc(OC[C@@H]3CCCN3C)nc3c(F)c(-c4c(C)c(Cl)cc5[nH]ncc45)ncc23)C1. The number of likely N-dealkylation sites (N-methyl/N-ethyl adjacent to an activating group) is 1. The molecular weight excluding hydrogens is 575 g/mol. The number of ether oxygens (including phenoxy) is 2. The van der Waals surface area contributed by atoms with E-state index in [9.17, 15) is 4.79 Å². The van der Waals surface area contributed by atoms with E-state index in [0.717, 1.165) is 38.6 Å². The molecule has 2 atom stereocenters. The quantitative estimate of drug-likeness (QED) is 0.276. The summed E-state index contributed by atoms with van der Waals surface area (Å²) in [7, 11) is 2.07. The fraction of sp³-hybridized carbons (Fsp3) is 0.500. The number of piperidine rings is 1. The summed E-state index contributed by atoms with van der Waals surface area (Å²) < 4.78 is 28.0. The topological polar surface area (TPSA) is 121 Å². The lowest BCUT2D eigenvalue weighted by molar-refractivity contribution is 0.141. The number of hydrogen-bond donors (Lipinski definition) is 2. The Kier molecular flexibility index (Phi) is 8.49. The van der Waals surface area contributed by atoms with Crippen molar-refractivity contribution >= 4 is 45.3 Å². The van der Waals surface area contributed by atoms with Crippen molar-refractivity contribution in [2.45, 2.75) is 58.0 Å². The third kappa shape index (κ3) is 5.90. The number of carbonyl (C=O) groups excluding carboxylic acids is 1. The number of H-pyrrole nitrogens is 1. The molecule has 2 saturated heterocycles. The number of aromatic amines is 1. The standard InChI is InChI=1S/C30H36ClFN8O3/c1-4-11-42-30(41)35-18-7-5-10-40(15-18)28-21-13-33-27(24-17(2)22(31)12-23-20(24)14-34-38-23)25(32)26(21)36-29(37-28)43-16-19-8-6-9-39(19)3/h12-14,18-19H,4-11,15-16H2,1-3H3,(H,34,38)(H,35,41)/t18-,19+/m1/s1. The molecule has 0 spiro atoms. The number of carbonyl (C=O) groups is 1. The number of nitrogens with one attached hydrogen (secondary N) is 2. The van der Waals surface area contributed by atoms with Crippen molar-refractivity contribution in [2.75, 3.05) is 44.8 Å². The number of likely N-dealkylation sites (tertiary alicyclic amines) is 1. The molecule has 2 fully saturated rings. The number of halogens is 2. The fourth-order valence-corrected chi connectivity index (χ4v) is 6.22. The van der Waals surface area contributed by atoms with Gasteiger partial charge in [-0.1, -0.05) is 18.5 Å². The van der Waals surface area contributed by atoms with E-state index in [-0.39, 0.29) is 29.3 Å². The number of amides is 1. The van der Waals surface area contributed by atoms with E-state index in [2.05, 4.69) is 37.4 Å². The molecule has 0 unspecified atom stereocenters. The largest absolute Gasteiger partial charge is 0.462 e. The molecule has 228 valence electrons. The first-order valence-corrected chi connectivity index (χ1v) is 15.2. The van der Waals surface area contributed by atoms with Crippen LogP contribution in [0.5, 0.6) is 6.01 Å². The average Bonchev–Trinajstić information content (AvgIpc) is 3.64.